The van der Waals surface area contributed by atoms with Crippen molar-refractivity contribution in [1.29, 1.82) is 0 Å². The van der Waals surface area contributed by atoms with E-state index >= 15 is 0 Å². The number of benzene rings is 1. The van der Waals surface area contributed by atoms with Crippen LogP contribution in [-0.4, -0.2) is 23.2 Å². The van der Waals surface area contributed by atoms with Gasteiger partial charge in [0.05, 0.1) is 0 Å². The van der Waals surface area contributed by atoms with Crippen molar-refractivity contribution >= 4 is 15.9 Å². The van der Waals surface area contributed by atoms with Crippen LogP contribution < -0.4 is 5.32 Å². The fourth-order valence-electron chi connectivity index (χ4n) is 1.69. The molecular formula is C14H18BrN3O. The Morgan fingerprint density at radius 2 is 2.21 bits per heavy atom. The highest BCUT2D eigenvalue weighted by molar-refractivity contribution is 9.10. The van der Waals surface area contributed by atoms with E-state index in [0.29, 0.717) is 17.8 Å². The molecule has 102 valence electrons. The summed E-state index contributed by atoms with van der Waals surface area (Å²) in [4.78, 5) is 4.43. The summed E-state index contributed by atoms with van der Waals surface area (Å²) >= 11 is 3.51. The van der Waals surface area contributed by atoms with Crippen LogP contribution in [0.25, 0.3) is 11.4 Å². The van der Waals surface area contributed by atoms with Crippen molar-refractivity contribution < 1.29 is 4.52 Å². The van der Waals surface area contributed by atoms with Gasteiger partial charge in [-0.15, -0.1) is 0 Å². The average molecular weight is 324 g/mol. The predicted octanol–water partition coefficient (Wildman–Crippen LogP) is 3.35. The number of hydrogen-bond donors (Lipinski definition) is 1. The molecule has 0 aliphatic carbocycles. The zero-order valence-corrected chi connectivity index (χ0v) is 13.0. The first-order valence-corrected chi connectivity index (χ1v) is 7.16. The summed E-state index contributed by atoms with van der Waals surface area (Å²) in [5.74, 6) is 1.33. The Kier molecular flexibility index (Phi) is 4.71. The van der Waals surface area contributed by atoms with Gasteiger partial charge in [-0.3, -0.25) is 0 Å². The summed E-state index contributed by atoms with van der Waals surface area (Å²) in [5, 5.41) is 7.22. The third kappa shape index (κ3) is 3.64. The lowest BCUT2D eigenvalue weighted by molar-refractivity contribution is 0.369. The van der Waals surface area contributed by atoms with Crippen molar-refractivity contribution in [3.63, 3.8) is 0 Å². The maximum Gasteiger partial charge on any atom is 0.227 e. The quantitative estimate of drug-likeness (QED) is 0.916. The molecule has 1 atom stereocenters. The highest BCUT2D eigenvalue weighted by atomic mass is 79.9. The van der Waals surface area contributed by atoms with Gasteiger partial charge in [-0.1, -0.05) is 33.2 Å². The lowest BCUT2D eigenvalue weighted by Crippen LogP contribution is -2.21. The van der Waals surface area contributed by atoms with Gasteiger partial charge in [0.25, 0.3) is 0 Å². The monoisotopic (exact) mass is 323 g/mol. The summed E-state index contributed by atoms with van der Waals surface area (Å²) in [6.45, 7) is 4.18. The van der Waals surface area contributed by atoms with Crippen LogP contribution in [0.4, 0.5) is 0 Å². The predicted molar refractivity (Wildman–Crippen MR) is 79.0 cm³/mol. The van der Waals surface area contributed by atoms with E-state index in [-0.39, 0.29) is 0 Å². The smallest absolute Gasteiger partial charge is 0.227 e. The SMILES string of the molecule is CNC(C)CCc1nc(-c2ccc(C)c(Br)c2)no1. The van der Waals surface area contributed by atoms with Crippen LogP contribution in [-0.2, 0) is 6.42 Å². The number of nitrogens with zero attached hydrogens (tertiary/aromatic N) is 2. The molecule has 0 amide bonds. The number of nitrogens with one attached hydrogen (secondary N) is 1. The minimum Gasteiger partial charge on any atom is -0.339 e. The Hall–Kier alpha value is -1.20. The van der Waals surface area contributed by atoms with Crippen LogP contribution >= 0.6 is 15.9 Å². The second kappa shape index (κ2) is 6.30. The third-order valence-electron chi connectivity index (χ3n) is 3.18. The number of rotatable bonds is 5. The van der Waals surface area contributed by atoms with Crippen LogP contribution in [0.1, 0.15) is 24.8 Å². The molecule has 0 spiro atoms. The highest BCUT2D eigenvalue weighted by Gasteiger charge is 2.10. The van der Waals surface area contributed by atoms with Gasteiger partial charge in [0.2, 0.25) is 11.7 Å². The normalized spacial score (nSPS) is 12.6. The largest absolute Gasteiger partial charge is 0.339 e. The lowest BCUT2D eigenvalue weighted by atomic mass is 10.1. The molecule has 5 heteroatoms. The van der Waals surface area contributed by atoms with Crippen molar-refractivity contribution in [2.45, 2.75) is 32.7 Å². The molecular weight excluding hydrogens is 306 g/mol. The molecule has 0 aliphatic rings. The molecule has 19 heavy (non-hydrogen) atoms. The lowest BCUT2D eigenvalue weighted by Gasteiger charge is -2.06. The molecule has 1 aromatic heterocycles. The van der Waals surface area contributed by atoms with E-state index in [4.69, 9.17) is 4.52 Å². The molecule has 0 radical (unpaired) electrons. The van der Waals surface area contributed by atoms with Gasteiger partial charge in [-0.2, -0.15) is 4.98 Å². The maximum atomic E-state index is 5.28. The van der Waals surface area contributed by atoms with E-state index in [1.165, 1.54) is 5.56 Å². The van der Waals surface area contributed by atoms with E-state index in [9.17, 15) is 0 Å². The maximum absolute atomic E-state index is 5.28. The zero-order valence-electron chi connectivity index (χ0n) is 11.4. The molecule has 0 fully saturated rings. The van der Waals surface area contributed by atoms with Gasteiger partial charge in [-0.25, -0.2) is 0 Å². The molecule has 1 aromatic carbocycles. The van der Waals surface area contributed by atoms with E-state index in [2.05, 4.69) is 45.2 Å². The molecule has 1 heterocycles. The van der Waals surface area contributed by atoms with Gasteiger partial charge >= 0.3 is 0 Å². The minimum atomic E-state index is 0.448. The van der Waals surface area contributed by atoms with Crippen molar-refractivity contribution in [1.82, 2.24) is 15.5 Å². The van der Waals surface area contributed by atoms with Crippen molar-refractivity contribution in [3.8, 4) is 11.4 Å². The Balaban J connectivity index is 2.09. The van der Waals surface area contributed by atoms with E-state index in [0.717, 1.165) is 22.9 Å². The molecule has 0 aliphatic heterocycles. The molecule has 0 saturated heterocycles. The topological polar surface area (TPSA) is 51.0 Å². The van der Waals surface area contributed by atoms with Crippen molar-refractivity contribution in [2.24, 2.45) is 0 Å². The van der Waals surface area contributed by atoms with Gasteiger partial charge < -0.3 is 9.84 Å². The fraction of sp³-hybridized carbons (Fsp3) is 0.429. The Labute approximate surface area is 121 Å². The van der Waals surface area contributed by atoms with Crippen LogP contribution in [0.5, 0.6) is 0 Å². The Bertz CT molecular complexity index is 553. The van der Waals surface area contributed by atoms with Gasteiger partial charge in [0.15, 0.2) is 0 Å². The van der Waals surface area contributed by atoms with Gasteiger partial charge in [-0.05, 0) is 38.9 Å². The second-order valence-electron chi connectivity index (χ2n) is 4.70. The van der Waals surface area contributed by atoms with Gasteiger partial charge in [0, 0.05) is 22.5 Å². The summed E-state index contributed by atoms with van der Waals surface area (Å²) in [6, 6.07) is 6.51. The number of aromatic nitrogens is 2. The Morgan fingerprint density at radius 1 is 1.42 bits per heavy atom. The first-order chi connectivity index (χ1) is 9.10. The molecule has 0 bridgehead atoms. The van der Waals surface area contributed by atoms with E-state index in [1.807, 2.05) is 25.2 Å². The summed E-state index contributed by atoms with van der Waals surface area (Å²) in [5.41, 5.74) is 2.16. The van der Waals surface area contributed by atoms with E-state index in [1.54, 1.807) is 0 Å². The van der Waals surface area contributed by atoms with Crippen LogP contribution in [0.2, 0.25) is 0 Å². The number of aryl methyl sites for hydroxylation is 2. The van der Waals surface area contributed by atoms with Crippen LogP contribution in [0.3, 0.4) is 0 Å². The summed E-state index contributed by atoms with van der Waals surface area (Å²) in [7, 11) is 1.95. The third-order valence-corrected chi connectivity index (χ3v) is 4.04. The van der Waals surface area contributed by atoms with Crippen molar-refractivity contribution in [3.05, 3.63) is 34.1 Å². The van der Waals surface area contributed by atoms with E-state index < -0.39 is 0 Å². The van der Waals surface area contributed by atoms with Crippen LogP contribution in [0, 0.1) is 6.92 Å². The molecule has 0 saturated carbocycles. The summed E-state index contributed by atoms with van der Waals surface area (Å²) in [6.07, 6.45) is 1.78. The molecule has 2 aromatic rings. The molecule has 1 unspecified atom stereocenters. The summed E-state index contributed by atoms with van der Waals surface area (Å²) < 4.78 is 6.34. The zero-order chi connectivity index (χ0) is 13.8. The second-order valence-corrected chi connectivity index (χ2v) is 5.56. The minimum absolute atomic E-state index is 0.448. The fourth-order valence-corrected chi connectivity index (χ4v) is 2.07. The van der Waals surface area contributed by atoms with Crippen molar-refractivity contribution in [2.75, 3.05) is 7.05 Å². The first-order valence-electron chi connectivity index (χ1n) is 6.36. The average Bonchev–Trinajstić information content (AvgIpc) is 2.88. The number of hydrogen-bond acceptors (Lipinski definition) is 4. The number of halogens is 1. The Morgan fingerprint density at radius 3 is 2.89 bits per heavy atom. The highest BCUT2D eigenvalue weighted by Crippen LogP contribution is 2.23. The molecule has 2 rings (SSSR count). The van der Waals surface area contributed by atoms with Crippen LogP contribution in [0.15, 0.2) is 27.2 Å². The molecule has 4 nitrogen and oxygen atoms in total. The first kappa shape index (κ1) is 14.2. The standard InChI is InChI=1S/C14H18BrN3O/c1-9-4-6-11(8-12(9)15)14-17-13(19-18-14)7-5-10(2)16-3/h4,6,8,10,16H,5,7H2,1-3H3. The molecule has 1 N–H and O–H groups in total. The van der Waals surface area contributed by atoms with Gasteiger partial charge in [0.1, 0.15) is 0 Å².